The second-order valence-electron chi connectivity index (χ2n) is 16.3. The van der Waals surface area contributed by atoms with Crippen LogP contribution in [0.1, 0.15) is 140 Å². The molecule has 1 aliphatic heterocycles. The Kier molecular flexibility index (Phi) is 66.8. The molecule has 1 heterocycles. The minimum atomic E-state index is -1.16. The third kappa shape index (κ3) is 52.0. The van der Waals surface area contributed by atoms with Crippen LogP contribution in [0.15, 0.2) is 0 Å². The summed E-state index contributed by atoms with van der Waals surface area (Å²) in [7, 11) is 0.601. The minimum absolute atomic E-state index is 0. The minimum Gasteiger partial charge on any atom is -1.00 e. The van der Waals surface area contributed by atoms with Crippen molar-refractivity contribution >= 4 is 74.4 Å². The van der Waals surface area contributed by atoms with Gasteiger partial charge < -0.3 is 24.6 Å². The molecule has 0 aromatic rings. The summed E-state index contributed by atoms with van der Waals surface area (Å²) in [5, 5.41) is 3.70. The van der Waals surface area contributed by atoms with Crippen molar-refractivity contribution in [2.24, 2.45) is 0 Å². The van der Waals surface area contributed by atoms with Crippen LogP contribution in [0, 0.1) is 0 Å². The van der Waals surface area contributed by atoms with Crippen molar-refractivity contribution in [3.63, 3.8) is 0 Å². The first kappa shape index (κ1) is 75.3. The van der Waals surface area contributed by atoms with Crippen LogP contribution in [-0.4, -0.2) is 122 Å². The van der Waals surface area contributed by atoms with E-state index in [0.29, 0.717) is 23.1 Å². The molecule has 0 aliphatic carbocycles. The predicted octanol–water partition coefficient (Wildman–Crippen LogP) is 10.2. The van der Waals surface area contributed by atoms with Crippen LogP contribution in [0.25, 0.3) is 0 Å². The molecule has 0 saturated carbocycles. The summed E-state index contributed by atoms with van der Waals surface area (Å²) in [4.78, 5) is 0. The molecule has 1 aliphatic rings. The maximum absolute atomic E-state index is 6.02. The monoisotopic (exact) mass is 907 g/mol. The van der Waals surface area contributed by atoms with E-state index in [4.69, 9.17) is 39.2 Å². The number of ether oxygens (including phenoxy) is 1. The van der Waals surface area contributed by atoms with Crippen LogP contribution < -0.4 is 43.0 Å². The Morgan fingerprint density at radius 3 is 1.04 bits per heavy atom. The summed E-state index contributed by atoms with van der Waals surface area (Å²) in [6, 6.07) is 0. The van der Waals surface area contributed by atoms with Gasteiger partial charge in [-0.05, 0) is 79.5 Å². The molecule has 0 radical (unpaired) electrons. The summed E-state index contributed by atoms with van der Waals surface area (Å²) in [6.45, 7) is 50.2. The van der Waals surface area contributed by atoms with Gasteiger partial charge in [-0.25, -0.2) is 0 Å². The Hall–Kier alpha value is 3.88. The van der Waals surface area contributed by atoms with Crippen LogP contribution in [0.3, 0.4) is 0 Å². The number of hydrogen-bond donors (Lipinski definition) is 1. The van der Waals surface area contributed by atoms with Crippen LogP contribution in [0.2, 0.25) is 19.6 Å². The Labute approximate surface area is 391 Å². The summed E-state index contributed by atoms with van der Waals surface area (Å²) in [5.74, 6) is 1.42. The van der Waals surface area contributed by atoms with Gasteiger partial charge in [-0.1, -0.05) is 157 Å². The molecule has 0 amide bonds. The van der Waals surface area contributed by atoms with E-state index >= 15 is 0 Å². The number of nitrogens with one attached hydrogen (secondary N) is 1. The van der Waals surface area contributed by atoms with Gasteiger partial charge in [0.1, 0.15) is 8.24 Å². The second-order valence-corrected chi connectivity index (χ2v) is 35.4. The van der Waals surface area contributed by atoms with E-state index in [-0.39, 0.29) is 77.1 Å². The SMILES string of the molecule is C.C.C1CCOC1.CC(C)P(CCNCCP(C(C)C)C(C)C)C(C)C.CC(C)P(Cl)C(C)C.CC(C)[P-]C(C)C.C[Si](C)(C)N(CCCl)CCCl.[H-].[Li+].[Li+]. The summed E-state index contributed by atoms with van der Waals surface area (Å²) < 4.78 is 7.37. The number of alkyl halides is 2. The Morgan fingerprint density at radius 1 is 0.611 bits per heavy atom. The number of halogens is 3. The van der Waals surface area contributed by atoms with Crippen molar-refractivity contribution in [3.8, 4) is 0 Å². The molecular weight excluding hydrogens is 809 g/mol. The van der Waals surface area contributed by atoms with Crippen molar-refractivity contribution < 1.29 is 43.9 Å². The molecule has 1 rings (SSSR count). The molecule has 0 bridgehead atoms. The molecule has 3 nitrogen and oxygen atoms in total. The zero-order valence-electron chi connectivity index (χ0n) is 39.9. The van der Waals surface area contributed by atoms with Crippen LogP contribution in [-0.2, 0) is 4.74 Å². The van der Waals surface area contributed by atoms with Crippen LogP contribution in [0.4, 0.5) is 0 Å². The van der Waals surface area contributed by atoms with Gasteiger partial charge in [-0.2, -0.15) is 11.3 Å². The van der Waals surface area contributed by atoms with Crippen LogP contribution >= 0.6 is 66.1 Å². The smallest absolute Gasteiger partial charge is 1.00 e. The molecule has 0 aromatic carbocycles. The molecule has 326 valence electrons. The van der Waals surface area contributed by atoms with E-state index in [9.17, 15) is 0 Å². The first-order valence-corrected chi connectivity index (χ1v) is 31.0. The van der Waals surface area contributed by atoms with Gasteiger partial charge in [-0.3, -0.25) is 0 Å². The Morgan fingerprint density at radius 2 is 0.907 bits per heavy atom. The van der Waals surface area contributed by atoms with E-state index < -0.39 is 8.24 Å². The van der Waals surface area contributed by atoms with E-state index in [2.05, 4.69) is 140 Å². The van der Waals surface area contributed by atoms with Gasteiger partial charge in [0, 0.05) is 38.1 Å². The molecule has 1 saturated heterocycles. The van der Waals surface area contributed by atoms with Crippen molar-refractivity contribution in [1.29, 1.82) is 0 Å². The fraction of sp³-hybridized carbons (Fsp3) is 1.00. The molecular formula is C41H99Cl3Li2N2OP4Si. The molecule has 13 heteroatoms. The molecule has 0 atom stereocenters. The van der Waals surface area contributed by atoms with Crippen molar-refractivity contribution in [3.05, 3.63) is 0 Å². The van der Waals surface area contributed by atoms with Gasteiger partial charge in [-0.15, -0.1) is 39.0 Å². The normalized spacial score (nSPS) is 12.6. The first-order valence-electron chi connectivity index (χ1n) is 19.8. The predicted molar refractivity (Wildman–Crippen MR) is 268 cm³/mol. The third-order valence-corrected chi connectivity index (χ3v) is 22.8. The maximum Gasteiger partial charge on any atom is 1.00 e. The molecule has 0 aromatic heterocycles. The second kappa shape index (κ2) is 47.9. The van der Waals surface area contributed by atoms with Gasteiger partial charge >= 0.3 is 37.7 Å². The van der Waals surface area contributed by atoms with E-state index in [1.54, 1.807) is 8.58 Å². The van der Waals surface area contributed by atoms with Gasteiger partial charge in [0.05, 0.1) is 0 Å². The largest absolute Gasteiger partial charge is 1.00 e. The zero-order valence-corrected chi connectivity index (χ0v) is 45.7. The number of hydrogen-bond acceptors (Lipinski definition) is 3. The number of nitrogens with zero attached hydrogens (tertiary/aromatic N) is 1. The molecule has 54 heavy (non-hydrogen) atoms. The molecule has 1 fully saturated rings. The fourth-order valence-corrected chi connectivity index (χ4v) is 15.4. The average Bonchev–Trinajstić information content (AvgIpc) is 3.55. The number of rotatable bonds is 19. The van der Waals surface area contributed by atoms with Gasteiger partial charge in [0.2, 0.25) is 0 Å². The summed E-state index contributed by atoms with van der Waals surface area (Å²) in [6.07, 6.45) is 5.35. The van der Waals surface area contributed by atoms with Crippen molar-refractivity contribution in [2.75, 3.05) is 63.5 Å². The quantitative estimate of drug-likeness (QED) is 0.0605. The van der Waals surface area contributed by atoms with E-state index in [1.807, 2.05) is 0 Å². The molecule has 0 unspecified atom stereocenters. The van der Waals surface area contributed by atoms with Crippen LogP contribution in [0.5, 0.6) is 0 Å². The Bertz CT molecular complexity index is 651. The summed E-state index contributed by atoms with van der Waals surface area (Å²) >= 11 is 17.4. The van der Waals surface area contributed by atoms with E-state index in [0.717, 1.165) is 60.3 Å². The first-order chi connectivity index (χ1) is 23.0. The maximum atomic E-state index is 6.02. The van der Waals surface area contributed by atoms with Gasteiger partial charge in [0.25, 0.3) is 0 Å². The summed E-state index contributed by atoms with van der Waals surface area (Å²) in [5.41, 5.74) is 6.54. The fourth-order valence-electron chi connectivity index (χ4n) is 5.46. The molecule has 0 spiro atoms. The standard InChI is InChI=1S/C16H37NP2.C7H17Cl2NSi.C6H14ClP.C6H14P.C4H8O.2CH4.2Li.H/c1-13(2)18(14(3)4)11-9-17-10-12-19(15(5)6)16(7)8;1-11(2,3)10(6-4-8)7-5-9;1-5(2)8(7)6(3)4;1-5(2)7-6(3)4;1-2-4-5-3-1;;;;;/h13-17H,9-12H2,1-8H3;4-7H2,1-3H3;5-6H,1-4H3;5-6H,1-4H3;1-4H2;2*1H4;;;/q;;;-1;;;;2*+1;-1. The van der Waals surface area contributed by atoms with Gasteiger partial charge in [0.15, 0.2) is 0 Å². The zero-order chi connectivity index (χ0) is 40.0. The van der Waals surface area contributed by atoms with Crippen molar-refractivity contribution in [1.82, 2.24) is 9.88 Å². The van der Waals surface area contributed by atoms with E-state index in [1.165, 1.54) is 38.3 Å². The Balaban J connectivity index is -0.0000000724. The van der Waals surface area contributed by atoms with Crippen molar-refractivity contribution in [2.45, 2.75) is 203 Å². The topological polar surface area (TPSA) is 24.5 Å². The average molecular weight is 908 g/mol. The third-order valence-electron chi connectivity index (χ3n) is 7.81. The molecule has 1 N–H and O–H groups in total.